The van der Waals surface area contributed by atoms with Crippen LogP contribution >= 0.6 is 0 Å². The first-order valence-corrected chi connectivity index (χ1v) is 4.98. The monoisotopic (exact) mass is 184 g/mol. The van der Waals surface area contributed by atoms with Crippen molar-refractivity contribution in [3.8, 4) is 0 Å². The number of nitrogens with two attached hydrogens (primary N) is 1. The molecule has 0 saturated carbocycles. The summed E-state index contributed by atoms with van der Waals surface area (Å²) in [5.41, 5.74) is 5.41. The molecule has 0 aromatic heterocycles. The molecule has 0 aromatic carbocycles. The molecule has 1 fully saturated rings. The van der Waals surface area contributed by atoms with Gasteiger partial charge in [-0.15, -0.1) is 0 Å². The number of hydrogen-bond donors (Lipinski definition) is 2. The summed E-state index contributed by atoms with van der Waals surface area (Å²) in [6.45, 7) is 8.34. The molecule has 4 heteroatoms. The van der Waals surface area contributed by atoms with E-state index in [-0.39, 0.29) is 5.96 Å². The molecule has 0 amide bonds. The standard InChI is InChI=1S/C9H20N4/c1-3-8(2)12-4-6-13(7-5-12)9(10)11/h8H,3-7H2,1-2H3,(H3,10,11). The summed E-state index contributed by atoms with van der Waals surface area (Å²) in [7, 11) is 0. The van der Waals surface area contributed by atoms with E-state index in [1.807, 2.05) is 4.90 Å². The molecule has 0 spiro atoms. The van der Waals surface area contributed by atoms with Gasteiger partial charge in [0.15, 0.2) is 5.96 Å². The second-order valence-corrected chi connectivity index (χ2v) is 3.67. The maximum Gasteiger partial charge on any atom is 0.188 e. The molecular weight excluding hydrogens is 164 g/mol. The van der Waals surface area contributed by atoms with Crippen LogP contribution in [0.3, 0.4) is 0 Å². The van der Waals surface area contributed by atoms with Crippen LogP contribution in [0.25, 0.3) is 0 Å². The predicted octanol–water partition coefficient (Wildman–Crippen LogP) is 0.296. The first-order valence-electron chi connectivity index (χ1n) is 4.98. The van der Waals surface area contributed by atoms with E-state index in [1.54, 1.807) is 0 Å². The third-order valence-corrected chi connectivity index (χ3v) is 2.87. The number of nitrogens with one attached hydrogen (secondary N) is 1. The van der Waals surface area contributed by atoms with Gasteiger partial charge in [0.1, 0.15) is 0 Å². The van der Waals surface area contributed by atoms with Gasteiger partial charge < -0.3 is 10.6 Å². The molecule has 0 bridgehead atoms. The summed E-state index contributed by atoms with van der Waals surface area (Å²) >= 11 is 0. The molecule has 1 saturated heterocycles. The summed E-state index contributed by atoms with van der Waals surface area (Å²) in [6.07, 6.45) is 1.19. The average Bonchev–Trinajstić information content (AvgIpc) is 2.17. The molecular formula is C9H20N4. The molecule has 1 heterocycles. The Morgan fingerprint density at radius 3 is 2.31 bits per heavy atom. The van der Waals surface area contributed by atoms with E-state index >= 15 is 0 Å². The van der Waals surface area contributed by atoms with Crippen LogP contribution in [0.1, 0.15) is 20.3 Å². The van der Waals surface area contributed by atoms with Crippen LogP contribution in [-0.4, -0.2) is 48.0 Å². The Kier molecular flexibility index (Phi) is 3.54. The zero-order valence-corrected chi connectivity index (χ0v) is 8.58. The van der Waals surface area contributed by atoms with Crippen LogP contribution in [-0.2, 0) is 0 Å². The van der Waals surface area contributed by atoms with Crippen molar-refractivity contribution in [1.29, 1.82) is 5.41 Å². The summed E-state index contributed by atoms with van der Waals surface area (Å²) in [5, 5.41) is 7.29. The minimum absolute atomic E-state index is 0.212. The second-order valence-electron chi connectivity index (χ2n) is 3.67. The maximum atomic E-state index is 7.29. The minimum atomic E-state index is 0.212. The van der Waals surface area contributed by atoms with Crippen molar-refractivity contribution in [2.24, 2.45) is 5.73 Å². The summed E-state index contributed by atoms with van der Waals surface area (Å²) < 4.78 is 0. The molecule has 1 atom stereocenters. The van der Waals surface area contributed by atoms with E-state index in [1.165, 1.54) is 6.42 Å². The topological polar surface area (TPSA) is 56.4 Å². The molecule has 13 heavy (non-hydrogen) atoms. The molecule has 1 aliphatic heterocycles. The summed E-state index contributed by atoms with van der Waals surface area (Å²) in [4.78, 5) is 4.39. The molecule has 1 rings (SSSR count). The zero-order valence-electron chi connectivity index (χ0n) is 8.58. The van der Waals surface area contributed by atoms with Gasteiger partial charge in [0.05, 0.1) is 0 Å². The second kappa shape index (κ2) is 4.46. The van der Waals surface area contributed by atoms with Crippen molar-refractivity contribution in [1.82, 2.24) is 9.80 Å². The highest BCUT2D eigenvalue weighted by molar-refractivity contribution is 5.74. The Bertz CT molecular complexity index is 172. The first kappa shape index (κ1) is 10.3. The van der Waals surface area contributed by atoms with Gasteiger partial charge in [0.2, 0.25) is 0 Å². The van der Waals surface area contributed by atoms with Crippen molar-refractivity contribution in [2.45, 2.75) is 26.3 Å². The molecule has 0 radical (unpaired) electrons. The summed E-state index contributed by atoms with van der Waals surface area (Å²) in [6, 6.07) is 0.661. The van der Waals surface area contributed by atoms with Crippen molar-refractivity contribution in [3.63, 3.8) is 0 Å². The zero-order chi connectivity index (χ0) is 9.84. The lowest BCUT2D eigenvalue weighted by Crippen LogP contribution is -2.52. The van der Waals surface area contributed by atoms with E-state index in [2.05, 4.69) is 18.7 Å². The Hall–Kier alpha value is -0.770. The number of guanidine groups is 1. The highest BCUT2D eigenvalue weighted by Crippen LogP contribution is 2.07. The van der Waals surface area contributed by atoms with Gasteiger partial charge in [-0.1, -0.05) is 6.92 Å². The highest BCUT2D eigenvalue weighted by atomic mass is 15.3. The quantitative estimate of drug-likeness (QED) is 0.479. The Morgan fingerprint density at radius 1 is 1.38 bits per heavy atom. The van der Waals surface area contributed by atoms with Crippen molar-refractivity contribution in [3.05, 3.63) is 0 Å². The van der Waals surface area contributed by atoms with Gasteiger partial charge in [-0.2, -0.15) is 0 Å². The lowest BCUT2D eigenvalue weighted by molar-refractivity contribution is 0.136. The van der Waals surface area contributed by atoms with Crippen molar-refractivity contribution < 1.29 is 0 Å². The Morgan fingerprint density at radius 2 is 1.92 bits per heavy atom. The fourth-order valence-corrected chi connectivity index (χ4v) is 1.66. The van der Waals surface area contributed by atoms with Gasteiger partial charge in [-0.25, -0.2) is 0 Å². The van der Waals surface area contributed by atoms with Crippen molar-refractivity contribution >= 4 is 5.96 Å². The third-order valence-electron chi connectivity index (χ3n) is 2.87. The highest BCUT2D eigenvalue weighted by Gasteiger charge is 2.20. The van der Waals surface area contributed by atoms with Gasteiger partial charge in [0.25, 0.3) is 0 Å². The number of nitrogens with zero attached hydrogens (tertiary/aromatic N) is 2. The van der Waals surface area contributed by atoms with E-state index in [9.17, 15) is 0 Å². The number of hydrogen-bond acceptors (Lipinski definition) is 2. The Labute approximate surface area is 80.2 Å². The molecule has 4 nitrogen and oxygen atoms in total. The van der Waals surface area contributed by atoms with Gasteiger partial charge in [-0.05, 0) is 13.3 Å². The largest absolute Gasteiger partial charge is 0.370 e. The van der Waals surface area contributed by atoms with Crippen LogP contribution in [0.2, 0.25) is 0 Å². The molecule has 0 aromatic rings. The average molecular weight is 184 g/mol. The number of rotatable bonds is 2. The maximum absolute atomic E-state index is 7.29. The fraction of sp³-hybridized carbons (Fsp3) is 0.889. The van der Waals surface area contributed by atoms with E-state index in [0.29, 0.717) is 6.04 Å². The SMILES string of the molecule is CCC(C)N1CCN(C(=N)N)CC1. The van der Waals surface area contributed by atoms with Gasteiger partial charge >= 0.3 is 0 Å². The smallest absolute Gasteiger partial charge is 0.188 e. The molecule has 1 unspecified atom stereocenters. The first-order chi connectivity index (χ1) is 6.15. The van der Waals surface area contributed by atoms with Crippen LogP contribution in [0.4, 0.5) is 0 Å². The van der Waals surface area contributed by atoms with Crippen LogP contribution in [0.5, 0.6) is 0 Å². The van der Waals surface area contributed by atoms with Crippen LogP contribution in [0, 0.1) is 5.41 Å². The fourth-order valence-electron chi connectivity index (χ4n) is 1.66. The minimum Gasteiger partial charge on any atom is -0.370 e. The third kappa shape index (κ3) is 2.59. The molecule has 0 aliphatic carbocycles. The normalized spacial score (nSPS) is 21.5. The van der Waals surface area contributed by atoms with Gasteiger partial charge in [-0.3, -0.25) is 10.3 Å². The van der Waals surface area contributed by atoms with Crippen LogP contribution < -0.4 is 5.73 Å². The molecule has 76 valence electrons. The van der Waals surface area contributed by atoms with E-state index in [0.717, 1.165) is 26.2 Å². The van der Waals surface area contributed by atoms with Crippen LogP contribution in [0.15, 0.2) is 0 Å². The summed E-state index contributed by atoms with van der Waals surface area (Å²) in [5.74, 6) is 0.212. The molecule has 1 aliphatic rings. The Balaban J connectivity index is 2.34. The predicted molar refractivity (Wildman–Crippen MR) is 54.8 cm³/mol. The lowest BCUT2D eigenvalue weighted by Gasteiger charge is -2.37. The molecule has 3 N–H and O–H groups in total. The van der Waals surface area contributed by atoms with Gasteiger partial charge in [0, 0.05) is 32.2 Å². The van der Waals surface area contributed by atoms with Crippen molar-refractivity contribution in [2.75, 3.05) is 26.2 Å². The van der Waals surface area contributed by atoms with E-state index < -0.39 is 0 Å². The van der Waals surface area contributed by atoms with E-state index in [4.69, 9.17) is 11.1 Å². The lowest BCUT2D eigenvalue weighted by atomic mass is 10.2. The number of piperazine rings is 1.